The molecule has 3 rings (SSSR count). The van der Waals surface area contributed by atoms with E-state index in [0.717, 1.165) is 12.2 Å². The first-order chi connectivity index (χ1) is 9.73. The summed E-state index contributed by atoms with van der Waals surface area (Å²) in [7, 11) is 0. The summed E-state index contributed by atoms with van der Waals surface area (Å²) in [6.07, 6.45) is 0.941. The maximum atomic E-state index is 6.42. The lowest BCUT2D eigenvalue weighted by atomic mass is 10.0. The number of thiophene rings is 1. The van der Waals surface area contributed by atoms with E-state index in [2.05, 4.69) is 73.8 Å². The Morgan fingerprint density at radius 3 is 2.55 bits per heavy atom. The largest absolute Gasteiger partial charge is 0.481 e. The Labute approximate surface area is 123 Å². The van der Waals surface area contributed by atoms with Crippen LogP contribution < -0.4 is 4.74 Å². The molecule has 0 unspecified atom stereocenters. The van der Waals surface area contributed by atoms with Gasteiger partial charge >= 0.3 is 0 Å². The van der Waals surface area contributed by atoms with E-state index in [0.29, 0.717) is 0 Å². The van der Waals surface area contributed by atoms with Gasteiger partial charge in [0, 0.05) is 10.3 Å². The molecule has 0 aliphatic rings. The molecule has 2 aromatic carbocycles. The number of rotatable bonds is 4. The Balaban J connectivity index is 2.04. The summed E-state index contributed by atoms with van der Waals surface area (Å²) in [5.74, 6) is 0.959. The van der Waals surface area contributed by atoms with Gasteiger partial charge in [-0.3, -0.25) is 0 Å². The molecule has 3 aromatic rings. The molecule has 0 fully saturated rings. The second kappa shape index (κ2) is 5.29. The third-order valence-electron chi connectivity index (χ3n) is 3.80. The maximum absolute atomic E-state index is 6.42. The van der Waals surface area contributed by atoms with Gasteiger partial charge in [-0.05, 0) is 36.2 Å². The third-order valence-corrected chi connectivity index (χ3v) is 4.92. The zero-order valence-electron chi connectivity index (χ0n) is 11.8. The summed E-state index contributed by atoms with van der Waals surface area (Å²) < 4.78 is 6.42. The summed E-state index contributed by atoms with van der Waals surface area (Å²) in [6.45, 7) is 4.34. The van der Waals surface area contributed by atoms with Crippen LogP contribution in [-0.2, 0) is 5.60 Å². The first-order valence-electron chi connectivity index (χ1n) is 6.94. The molecule has 0 aliphatic carbocycles. The monoisotopic (exact) mass is 282 g/mol. The van der Waals surface area contributed by atoms with Crippen molar-refractivity contribution in [2.75, 3.05) is 0 Å². The third kappa shape index (κ3) is 2.32. The molecule has 0 saturated heterocycles. The SMILES string of the molecule is CC[C@@](C)(Oc1cccc2ccccc12)c1cccs1. The molecule has 0 amide bonds. The minimum atomic E-state index is -0.266. The fourth-order valence-corrected chi connectivity index (χ4v) is 3.30. The summed E-state index contributed by atoms with van der Waals surface area (Å²) in [5.41, 5.74) is -0.266. The molecule has 102 valence electrons. The van der Waals surface area contributed by atoms with Crippen LogP contribution in [0.3, 0.4) is 0 Å². The van der Waals surface area contributed by atoms with Crippen molar-refractivity contribution < 1.29 is 4.74 Å². The van der Waals surface area contributed by atoms with E-state index in [9.17, 15) is 0 Å². The van der Waals surface area contributed by atoms with E-state index in [1.165, 1.54) is 15.6 Å². The van der Waals surface area contributed by atoms with Crippen molar-refractivity contribution in [1.29, 1.82) is 0 Å². The molecule has 0 bridgehead atoms. The summed E-state index contributed by atoms with van der Waals surface area (Å²) in [5, 5.41) is 4.50. The molecule has 1 atom stereocenters. The molecule has 0 aliphatic heterocycles. The van der Waals surface area contributed by atoms with Crippen LogP contribution in [0.4, 0.5) is 0 Å². The Morgan fingerprint density at radius 2 is 1.80 bits per heavy atom. The highest BCUT2D eigenvalue weighted by molar-refractivity contribution is 7.10. The van der Waals surface area contributed by atoms with Gasteiger partial charge in [-0.25, -0.2) is 0 Å². The van der Waals surface area contributed by atoms with Gasteiger partial charge in [-0.15, -0.1) is 11.3 Å². The predicted octanol–water partition coefficient (Wildman–Crippen LogP) is 5.61. The quantitative estimate of drug-likeness (QED) is 0.604. The van der Waals surface area contributed by atoms with Gasteiger partial charge in [0.15, 0.2) is 0 Å². The highest BCUT2D eigenvalue weighted by Crippen LogP contribution is 2.36. The van der Waals surface area contributed by atoms with Gasteiger partial charge in [0.05, 0.1) is 0 Å². The number of ether oxygens (including phenoxy) is 1. The van der Waals surface area contributed by atoms with Gasteiger partial charge in [0.1, 0.15) is 11.4 Å². The van der Waals surface area contributed by atoms with Crippen molar-refractivity contribution >= 4 is 22.1 Å². The highest BCUT2D eigenvalue weighted by Gasteiger charge is 2.28. The first-order valence-corrected chi connectivity index (χ1v) is 7.82. The smallest absolute Gasteiger partial charge is 0.140 e. The normalized spacial score (nSPS) is 14.1. The molecule has 1 aromatic heterocycles. The van der Waals surface area contributed by atoms with E-state index in [1.54, 1.807) is 11.3 Å². The minimum Gasteiger partial charge on any atom is -0.481 e. The van der Waals surface area contributed by atoms with E-state index >= 15 is 0 Å². The molecule has 0 radical (unpaired) electrons. The van der Waals surface area contributed by atoms with Crippen LogP contribution in [0.5, 0.6) is 5.75 Å². The Hall–Kier alpha value is -1.80. The van der Waals surface area contributed by atoms with E-state index in [4.69, 9.17) is 4.74 Å². The summed E-state index contributed by atoms with van der Waals surface area (Å²) in [6, 6.07) is 18.8. The van der Waals surface area contributed by atoms with Crippen LogP contribution in [-0.4, -0.2) is 0 Å². The Bertz CT molecular complexity index is 697. The number of fused-ring (bicyclic) bond motifs is 1. The van der Waals surface area contributed by atoms with E-state index in [1.807, 2.05) is 0 Å². The average Bonchev–Trinajstić information content (AvgIpc) is 3.02. The summed E-state index contributed by atoms with van der Waals surface area (Å²) >= 11 is 1.75. The van der Waals surface area contributed by atoms with Crippen molar-refractivity contribution in [1.82, 2.24) is 0 Å². The lowest BCUT2D eigenvalue weighted by molar-refractivity contribution is 0.0885. The molecule has 20 heavy (non-hydrogen) atoms. The van der Waals surface area contributed by atoms with Crippen molar-refractivity contribution in [2.24, 2.45) is 0 Å². The first kappa shape index (κ1) is 13.2. The molecule has 1 nitrogen and oxygen atoms in total. The van der Waals surface area contributed by atoms with Crippen LogP contribution in [0.2, 0.25) is 0 Å². The number of benzene rings is 2. The van der Waals surface area contributed by atoms with Crippen LogP contribution >= 0.6 is 11.3 Å². The van der Waals surface area contributed by atoms with Gasteiger partial charge in [0.2, 0.25) is 0 Å². The van der Waals surface area contributed by atoms with Gasteiger partial charge in [-0.1, -0.05) is 49.4 Å². The van der Waals surface area contributed by atoms with Crippen LogP contribution in [0.15, 0.2) is 60.0 Å². The summed E-state index contributed by atoms with van der Waals surface area (Å²) in [4.78, 5) is 1.27. The van der Waals surface area contributed by atoms with Gasteiger partial charge < -0.3 is 4.74 Å². The predicted molar refractivity (Wildman–Crippen MR) is 86.5 cm³/mol. The second-order valence-electron chi connectivity index (χ2n) is 5.14. The standard InChI is InChI=1S/C18H18OS/c1-3-18(2,17-12-7-13-20-17)19-16-11-6-9-14-8-4-5-10-15(14)16/h4-13H,3H2,1-2H3/t18-/m1/s1. The lowest BCUT2D eigenvalue weighted by Gasteiger charge is -2.29. The Morgan fingerprint density at radius 1 is 1.00 bits per heavy atom. The second-order valence-corrected chi connectivity index (χ2v) is 6.09. The number of hydrogen-bond donors (Lipinski definition) is 0. The zero-order valence-corrected chi connectivity index (χ0v) is 12.6. The van der Waals surface area contributed by atoms with Gasteiger partial charge in [-0.2, -0.15) is 0 Å². The zero-order chi connectivity index (χ0) is 14.0. The van der Waals surface area contributed by atoms with Crippen LogP contribution in [0.25, 0.3) is 10.8 Å². The van der Waals surface area contributed by atoms with Crippen molar-refractivity contribution in [3.8, 4) is 5.75 Å². The molecule has 2 heteroatoms. The van der Waals surface area contributed by atoms with Crippen molar-refractivity contribution in [3.63, 3.8) is 0 Å². The van der Waals surface area contributed by atoms with Crippen LogP contribution in [0, 0.1) is 0 Å². The maximum Gasteiger partial charge on any atom is 0.140 e. The molecular formula is C18H18OS. The van der Waals surface area contributed by atoms with Crippen molar-refractivity contribution in [2.45, 2.75) is 25.9 Å². The molecule has 0 spiro atoms. The van der Waals surface area contributed by atoms with E-state index < -0.39 is 0 Å². The average molecular weight is 282 g/mol. The van der Waals surface area contributed by atoms with Crippen LogP contribution in [0.1, 0.15) is 25.1 Å². The fourth-order valence-electron chi connectivity index (χ4n) is 2.40. The van der Waals surface area contributed by atoms with Gasteiger partial charge in [0.25, 0.3) is 0 Å². The van der Waals surface area contributed by atoms with Crippen molar-refractivity contribution in [3.05, 3.63) is 64.9 Å². The fraction of sp³-hybridized carbons (Fsp3) is 0.222. The molecule has 0 saturated carbocycles. The van der Waals surface area contributed by atoms with E-state index in [-0.39, 0.29) is 5.60 Å². The minimum absolute atomic E-state index is 0.266. The Kier molecular flexibility index (Phi) is 3.49. The highest BCUT2D eigenvalue weighted by atomic mass is 32.1. The number of hydrogen-bond acceptors (Lipinski definition) is 2. The topological polar surface area (TPSA) is 9.23 Å². The lowest BCUT2D eigenvalue weighted by Crippen LogP contribution is -2.27. The molecule has 0 N–H and O–H groups in total. The molecule has 1 heterocycles. The molecular weight excluding hydrogens is 264 g/mol.